The summed E-state index contributed by atoms with van der Waals surface area (Å²) in [6.45, 7) is 11.1. The quantitative estimate of drug-likeness (QED) is 0.324. The van der Waals surface area contributed by atoms with E-state index >= 15 is 0 Å². The number of likely N-dealkylation sites (tertiary alicyclic amines) is 1. The zero-order valence-electron chi connectivity index (χ0n) is 25.7. The van der Waals surface area contributed by atoms with Gasteiger partial charge >= 0.3 is 6.09 Å². The lowest BCUT2D eigenvalue weighted by molar-refractivity contribution is 0.0546. The first-order valence-electron chi connectivity index (χ1n) is 16.0. The number of alkyl carbamates (subject to hydrolysis) is 1. The first-order valence-corrected chi connectivity index (χ1v) is 16.0. The Morgan fingerprint density at radius 3 is 2.33 bits per heavy atom. The van der Waals surface area contributed by atoms with Crippen LogP contribution in [0.15, 0.2) is 72.9 Å². The van der Waals surface area contributed by atoms with Crippen molar-refractivity contribution in [3.63, 3.8) is 0 Å². The second-order valence-electron chi connectivity index (χ2n) is 13.1. The number of carbonyl (C=O) groups is 1. The molecule has 6 nitrogen and oxygen atoms in total. The van der Waals surface area contributed by atoms with E-state index in [0.29, 0.717) is 11.8 Å². The fourth-order valence-electron chi connectivity index (χ4n) is 8.40. The average molecular weight is 569 g/mol. The van der Waals surface area contributed by atoms with Crippen LogP contribution in [-0.4, -0.2) is 61.4 Å². The van der Waals surface area contributed by atoms with E-state index in [-0.39, 0.29) is 17.6 Å². The zero-order valence-corrected chi connectivity index (χ0v) is 25.7. The molecule has 1 amide bonds. The van der Waals surface area contributed by atoms with Gasteiger partial charge < -0.3 is 24.4 Å². The number of carbonyl (C=O) groups excluding carboxylic acids is 1. The largest absolute Gasteiger partial charge is 0.453 e. The fraction of sp³-hybridized carbons (Fsp3) is 0.528. The Morgan fingerprint density at radius 1 is 0.929 bits per heavy atom. The number of piperidine rings is 1. The van der Waals surface area contributed by atoms with Crippen LogP contribution in [0.4, 0.5) is 10.5 Å². The zero-order chi connectivity index (χ0) is 29.1. The third-order valence-corrected chi connectivity index (χ3v) is 10.7. The van der Waals surface area contributed by atoms with E-state index in [1.54, 1.807) is 0 Å². The molecular weight excluding hydrogens is 520 g/mol. The molecule has 3 heterocycles. The molecule has 0 spiro atoms. The van der Waals surface area contributed by atoms with Gasteiger partial charge in [0.15, 0.2) is 0 Å². The van der Waals surface area contributed by atoms with Crippen molar-refractivity contribution >= 4 is 11.8 Å². The lowest BCUT2D eigenvalue weighted by Crippen LogP contribution is -2.56. The Balaban J connectivity index is 1.22. The standard InChI is InChI=1S/C36H48N4O2/c1-27-14-16-32(17-15-27)40-24-29(25-40)23-38-21-18-31(19-22-38)36(30-10-5-4-6-11-30,26-39-20-8-9-28(39)2)33-12-7-13-34(33)37-35(41)42-3/h4-6,8-11,14-17,20,29,31,33-34H,7,12-13,18-19,21-26H2,1-3H3,(H,37,41)/t33-,34-,36?/m1/s1. The highest BCUT2D eigenvalue weighted by molar-refractivity contribution is 5.67. The van der Waals surface area contributed by atoms with Gasteiger partial charge in [0, 0.05) is 61.1 Å². The van der Waals surface area contributed by atoms with Crippen molar-refractivity contribution in [2.75, 3.05) is 44.7 Å². The van der Waals surface area contributed by atoms with Gasteiger partial charge in [0.2, 0.25) is 0 Å². The summed E-state index contributed by atoms with van der Waals surface area (Å²) in [6, 6.07) is 24.7. The van der Waals surface area contributed by atoms with Crippen molar-refractivity contribution in [3.8, 4) is 0 Å². The molecule has 224 valence electrons. The van der Waals surface area contributed by atoms with Crippen LogP contribution in [0.3, 0.4) is 0 Å². The van der Waals surface area contributed by atoms with Gasteiger partial charge in [-0.1, -0.05) is 54.4 Å². The van der Waals surface area contributed by atoms with Crippen molar-refractivity contribution in [1.29, 1.82) is 0 Å². The van der Waals surface area contributed by atoms with Crippen LogP contribution in [0.1, 0.15) is 48.9 Å². The summed E-state index contributed by atoms with van der Waals surface area (Å²) in [5.41, 5.74) is 5.33. The number of hydrogen-bond donors (Lipinski definition) is 1. The first-order chi connectivity index (χ1) is 20.5. The first kappa shape index (κ1) is 28.9. The number of rotatable bonds is 9. The van der Waals surface area contributed by atoms with Gasteiger partial charge in [-0.25, -0.2) is 4.79 Å². The van der Waals surface area contributed by atoms with Crippen LogP contribution in [0.25, 0.3) is 0 Å². The number of benzene rings is 2. The molecule has 1 aliphatic carbocycles. The molecule has 2 aromatic carbocycles. The van der Waals surface area contributed by atoms with E-state index in [2.05, 4.69) is 106 Å². The summed E-state index contributed by atoms with van der Waals surface area (Å²) in [5.74, 6) is 1.63. The van der Waals surface area contributed by atoms with E-state index in [1.165, 1.54) is 49.0 Å². The van der Waals surface area contributed by atoms with E-state index in [9.17, 15) is 4.79 Å². The Morgan fingerprint density at radius 2 is 1.67 bits per heavy atom. The average Bonchev–Trinajstić information content (AvgIpc) is 3.63. The molecule has 3 fully saturated rings. The van der Waals surface area contributed by atoms with E-state index in [4.69, 9.17) is 4.74 Å². The Bertz CT molecular complexity index is 1310. The molecule has 6 heteroatoms. The summed E-state index contributed by atoms with van der Waals surface area (Å²) in [6.07, 6.45) is 7.59. The number of nitrogens with one attached hydrogen (secondary N) is 1. The van der Waals surface area contributed by atoms with E-state index < -0.39 is 0 Å². The van der Waals surface area contributed by atoms with Gasteiger partial charge in [-0.15, -0.1) is 0 Å². The molecule has 3 aliphatic rings. The topological polar surface area (TPSA) is 49.7 Å². The highest BCUT2D eigenvalue weighted by atomic mass is 16.5. The molecule has 3 atom stereocenters. The molecule has 2 aliphatic heterocycles. The SMILES string of the molecule is COC(=O)N[C@@H]1CCC[C@H]1C(Cn1cccc1C)(c1ccccc1)C1CCN(CC2CN(c3ccc(C)cc3)C2)CC1. The summed E-state index contributed by atoms with van der Waals surface area (Å²) in [7, 11) is 1.48. The normalized spacial score (nSPS) is 23.4. The highest BCUT2D eigenvalue weighted by Crippen LogP contribution is 2.51. The predicted octanol–water partition coefficient (Wildman–Crippen LogP) is 6.42. The maximum Gasteiger partial charge on any atom is 0.407 e. The minimum Gasteiger partial charge on any atom is -0.453 e. The van der Waals surface area contributed by atoms with Gasteiger partial charge in [-0.2, -0.15) is 0 Å². The van der Waals surface area contributed by atoms with Gasteiger partial charge in [-0.05, 0) is 94.3 Å². The number of amides is 1. The summed E-state index contributed by atoms with van der Waals surface area (Å²) < 4.78 is 7.55. The minimum atomic E-state index is -0.305. The molecule has 0 radical (unpaired) electrons. The Hall–Kier alpha value is -3.25. The van der Waals surface area contributed by atoms with Gasteiger partial charge in [0.05, 0.1) is 7.11 Å². The molecule has 0 bridgehead atoms. The van der Waals surface area contributed by atoms with Gasteiger partial charge in [-0.3, -0.25) is 0 Å². The smallest absolute Gasteiger partial charge is 0.407 e. The predicted molar refractivity (Wildman–Crippen MR) is 170 cm³/mol. The fourth-order valence-corrected chi connectivity index (χ4v) is 8.40. The molecule has 1 N–H and O–H groups in total. The molecule has 42 heavy (non-hydrogen) atoms. The molecule has 6 rings (SSSR count). The van der Waals surface area contributed by atoms with Crippen molar-refractivity contribution in [3.05, 3.63) is 89.7 Å². The lowest BCUT2D eigenvalue weighted by atomic mass is 9.58. The number of nitrogens with zero attached hydrogens (tertiary/aromatic N) is 3. The molecular formula is C36H48N4O2. The third-order valence-electron chi connectivity index (χ3n) is 10.7. The van der Waals surface area contributed by atoms with Crippen LogP contribution >= 0.6 is 0 Å². The van der Waals surface area contributed by atoms with Gasteiger partial charge in [0.1, 0.15) is 0 Å². The van der Waals surface area contributed by atoms with Crippen molar-refractivity contribution < 1.29 is 9.53 Å². The molecule has 1 unspecified atom stereocenters. The number of hydrogen-bond acceptors (Lipinski definition) is 4. The molecule has 1 saturated carbocycles. The van der Waals surface area contributed by atoms with Crippen molar-refractivity contribution in [2.24, 2.45) is 17.8 Å². The Kier molecular flexibility index (Phi) is 8.62. The second kappa shape index (κ2) is 12.5. The summed E-state index contributed by atoms with van der Waals surface area (Å²) in [4.78, 5) is 17.7. The van der Waals surface area contributed by atoms with Crippen LogP contribution in [0.2, 0.25) is 0 Å². The lowest BCUT2D eigenvalue weighted by Gasteiger charge is -2.51. The molecule has 2 saturated heterocycles. The van der Waals surface area contributed by atoms with Crippen molar-refractivity contribution in [1.82, 2.24) is 14.8 Å². The van der Waals surface area contributed by atoms with Crippen molar-refractivity contribution in [2.45, 2.75) is 64.0 Å². The number of anilines is 1. The van der Waals surface area contributed by atoms with E-state index in [0.717, 1.165) is 57.9 Å². The number of methoxy groups -OCH3 is 1. The van der Waals surface area contributed by atoms with Crippen LogP contribution < -0.4 is 10.2 Å². The number of aryl methyl sites for hydroxylation is 2. The van der Waals surface area contributed by atoms with Crippen LogP contribution in [-0.2, 0) is 16.7 Å². The van der Waals surface area contributed by atoms with Crippen LogP contribution in [0, 0.1) is 31.6 Å². The highest BCUT2D eigenvalue weighted by Gasteiger charge is 2.52. The second-order valence-corrected chi connectivity index (χ2v) is 13.1. The number of ether oxygens (including phenoxy) is 1. The van der Waals surface area contributed by atoms with Gasteiger partial charge in [0.25, 0.3) is 0 Å². The Labute approximate surface area is 252 Å². The minimum absolute atomic E-state index is 0.0714. The summed E-state index contributed by atoms with van der Waals surface area (Å²) in [5, 5.41) is 3.27. The van der Waals surface area contributed by atoms with Crippen LogP contribution in [0.5, 0.6) is 0 Å². The third kappa shape index (κ3) is 5.83. The monoisotopic (exact) mass is 568 g/mol. The maximum absolute atomic E-state index is 12.5. The summed E-state index contributed by atoms with van der Waals surface area (Å²) >= 11 is 0. The maximum atomic E-state index is 12.5. The molecule has 3 aromatic rings. The number of aromatic nitrogens is 1. The molecule has 1 aromatic heterocycles. The van der Waals surface area contributed by atoms with E-state index in [1.807, 2.05) is 0 Å².